The van der Waals surface area contributed by atoms with Gasteiger partial charge in [0, 0.05) is 18.5 Å². The highest BCUT2D eigenvalue weighted by Crippen LogP contribution is 2.23. The van der Waals surface area contributed by atoms with Crippen LogP contribution in [0.2, 0.25) is 0 Å². The van der Waals surface area contributed by atoms with Crippen LogP contribution >= 0.6 is 0 Å². The highest BCUT2D eigenvalue weighted by Gasteiger charge is 2.24. The maximum absolute atomic E-state index is 12.7. The molecule has 1 saturated heterocycles. The minimum absolute atomic E-state index is 0.274. The molecule has 1 aliphatic rings. The summed E-state index contributed by atoms with van der Waals surface area (Å²) in [5.74, 6) is 1.73. The van der Waals surface area contributed by atoms with Crippen LogP contribution < -0.4 is 10.6 Å². The van der Waals surface area contributed by atoms with Crippen molar-refractivity contribution in [3.05, 3.63) is 36.2 Å². The van der Waals surface area contributed by atoms with Gasteiger partial charge in [0.2, 0.25) is 11.8 Å². The molecule has 0 aliphatic carbocycles. The van der Waals surface area contributed by atoms with Crippen molar-refractivity contribution < 1.29 is 4.79 Å². The Hall–Kier alpha value is -3.14. The molecule has 4 rings (SSSR count). The van der Waals surface area contributed by atoms with Crippen LogP contribution in [0, 0.1) is 0 Å². The Kier molecular flexibility index (Phi) is 5.11. The number of aryl methyl sites for hydroxylation is 1. The van der Waals surface area contributed by atoms with Crippen molar-refractivity contribution >= 4 is 11.9 Å². The molecule has 0 radical (unpaired) electrons. The summed E-state index contributed by atoms with van der Waals surface area (Å²) in [4.78, 5) is 18.5. The van der Waals surface area contributed by atoms with Gasteiger partial charge in [-0.2, -0.15) is 14.9 Å². The molecule has 1 aliphatic heterocycles. The van der Waals surface area contributed by atoms with E-state index in [1.807, 2.05) is 30.3 Å². The lowest BCUT2D eigenvalue weighted by Gasteiger charge is -2.19. The zero-order chi connectivity index (χ0) is 19.5. The topological polar surface area (TPSA) is 115 Å². The van der Waals surface area contributed by atoms with Crippen molar-refractivity contribution in [1.82, 2.24) is 40.3 Å². The molecular formula is C18H23N9O. The number of anilines is 1. The van der Waals surface area contributed by atoms with Crippen LogP contribution in [-0.2, 0) is 11.8 Å². The average Bonchev–Trinajstić information content (AvgIpc) is 3.36. The number of hydrogen-bond acceptors (Lipinski definition) is 7. The Balaban J connectivity index is 1.45. The predicted octanol–water partition coefficient (Wildman–Crippen LogP) is 1.14. The molecule has 2 N–H and O–H groups in total. The molecule has 1 amide bonds. The number of aromatic nitrogens is 7. The number of tetrazole rings is 1. The molecule has 0 spiro atoms. The number of hydrogen-bond donors (Lipinski definition) is 2. The summed E-state index contributed by atoms with van der Waals surface area (Å²) in [5.41, 5.74) is 0.848. The van der Waals surface area contributed by atoms with Gasteiger partial charge < -0.3 is 5.32 Å². The zero-order valence-electron chi connectivity index (χ0n) is 15.9. The largest absolute Gasteiger partial charge is 0.317 e. The summed E-state index contributed by atoms with van der Waals surface area (Å²) < 4.78 is 1.60. The number of nitrogens with zero attached hydrogens (tertiary/aromatic N) is 7. The lowest BCUT2D eigenvalue weighted by molar-refractivity contribution is -0.119. The normalized spacial score (nSPS) is 16.1. The van der Waals surface area contributed by atoms with E-state index in [1.165, 1.54) is 4.80 Å². The van der Waals surface area contributed by atoms with E-state index in [-0.39, 0.29) is 5.91 Å². The molecule has 1 fully saturated rings. The van der Waals surface area contributed by atoms with Gasteiger partial charge in [-0.3, -0.25) is 10.1 Å². The molecule has 1 atom stereocenters. The minimum atomic E-state index is -0.635. The fraction of sp³-hybridized carbons (Fsp3) is 0.444. The quantitative estimate of drug-likeness (QED) is 0.681. The highest BCUT2D eigenvalue weighted by molar-refractivity contribution is 5.91. The van der Waals surface area contributed by atoms with E-state index in [0.29, 0.717) is 17.7 Å². The smallest absolute Gasteiger partial charge is 0.253 e. The summed E-state index contributed by atoms with van der Waals surface area (Å²) in [7, 11) is 1.78. The number of carbonyl (C=O) groups excluding carboxylic acids is 1. The van der Waals surface area contributed by atoms with Crippen molar-refractivity contribution in [3.63, 3.8) is 0 Å². The van der Waals surface area contributed by atoms with E-state index in [1.54, 1.807) is 18.7 Å². The van der Waals surface area contributed by atoms with Gasteiger partial charge in [-0.1, -0.05) is 30.3 Å². The van der Waals surface area contributed by atoms with Crippen molar-refractivity contribution in [2.45, 2.75) is 31.7 Å². The third kappa shape index (κ3) is 3.77. The summed E-state index contributed by atoms with van der Waals surface area (Å²) >= 11 is 0. The van der Waals surface area contributed by atoms with Crippen molar-refractivity contribution in [2.75, 3.05) is 18.4 Å². The average molecular weight is 381 g/mol. The van der Waals surface area contributed by atoms with Crippen LogP contribution in [0.5, 0.6) is 0 Å². The molecule has 1 aromatic carbocycles. The van der Waals surface area contributed by atoms with Gasteiger partial charge in [0.1, 0.15) is 6.04 Å². The first-order valence-corrected chi connectivity index (χ1v) is 9.39. The van der Waals surface area contributed by atoms with E-state index in [9.17, 15) is 4.79 Å². The summed E-state index contributed by atoms with van der Waals surface area (Å²) in [5, 5.41) is 23.0. The number of piperidine rings is 1. The molecule has 10 heteroatoms. The molecule has 10 nitrogen and oxygen atoms in total. The maximum atomic E-state index is 12.7. The van der Waals surface area contributed by atoms with Crippen LogP contribution in [-0.4, -0.2) is 54.0 Å². The lowest BCUT2D eigenvalue weighted by Crippen LogP contribution is -2.27. The van der Waals surface area contributed by atoms with Gasteiger partial charge in [-0.25, -0.2) is 4.68 Å². The summed E-state index contributed by atoms with van der Waals surface area (Å²) in [6, 6.07) is 8.88. The van der Waals surface area contributed by atoms with E-state index in [4.69, 9.17) is 0 Å². The third-order valence-corrected chi connectivity index (χ3v) is 4.90. The first kappa shape index (κ1) is 18.2. The molecular weight excluding hydrogens is 358 g/mol. The zero-order valence-corrected chi connectivity index (χ0v) is 15.9. The van der Waals surface area contributed by atoms with E-state index in [2.05, 4.69) is 36.1 Å². The fourth-order valence-electron chi connectivity index (χ4n) is 3.18. The standard InChI is InChI=1S/C18H23N9O/c1-12(27-24-16(22-25-27)13-6-4-3-5-7-13)17(28)21-18-20-15(23-26(18)2)14-8-10-19-11-9-14/h3-7,12,14,19H,8-11H2,1-2H3,(H,20,21,23,28). The van der Waals surface area contributed by atoms with Gasteiger partial charge in [-0.05, 0) is 38.1 Å². The number of benzene rings is 1. The van der Waals surface area contributed by atoms with Gasteiger partial charge >= 0.3 is 0 Å². The maximum Gasteiger partial charge on any atom is 0.253 e. The van der Waals surface area contributed by atoms with Crippen LogP contribution in [0.4, 0.5) is 5.95 Å². The van der Waals surface area contributed by atoms with E-state index < -0.39 is 6.04 Å². The Morgan fingerprint density at radius 3 is 2.71 bits per heavy atom. The third-order valence-electron chi connectivity index (χ3n) is 4.90. The van der Waals surface area contributed by atoms with Crippen molar-refractivity contribution in [2.24, 2.45) is 7.05 Å². The number of rotatable bonds is 5. The second-order valence-electron chi connectivity index (χ2n) is 6.91. The molecule has 28 heavy (non-hydrogen) atoms. The van der Waals surface area contributed by atoms with Gasteiger partial charge in [-0.15, -0.1) is 10.2 Å². The van der Waals surface area contributed by atoms with E-state index in [0.717, 1.165) is 37.3 Å². The van der Waals surface area contributed by atoms with Gasteiger partial charge in [0.15, 0.2) is 5.82 Å². The molecule has 1 unspecified atom stereocenters. The fourth-order valence-corrected chi connectivity index (χ4v) is 3.18. The van der Waals surface area contributed by atoms with Crippen LogP contribution in [0.1, 0.15) is 37.5 Å². The summed E-state index contributed by atoms with van der Waals surface area (Å²) in [6.07, 6.45) is 2.00. The Labute approximate surface area is 162 Å². The Morgan fingerprint density at radius 2 is 1.96 bits per heavy atom. The second-order valence-corrected chi connectivity index (χ2v) is 6.91. The van der Waals surface area contributed by atoms with E-state index >= 15 is 0 Å². The first-order valence-electron chi connectivity index (χ1n) is 9.39. The number of nitrogens with one attached hydrogen (secondary N) is 2. The van der Waals surface area contributed by atoms with Gasteiger partial charge in [0.25, 0.3) is 5.91 Å². The molecule has 0 bridgehead atoms. The van der Waals surface area contributed by atoms with Crippen molar-refractivity contribution in [1.29, 1.82) is 0 Å². The Bertz CT molecular complexity index is 943. The van der Waals surface area contributed by atoms with Crippen molar-refractivity contribution in [3.8, 4) is 11.4 Å². The molecule has 2 aromatic heterocycles. The molecule has 3 aromatic rings. The molecule has 0 saturated carbocycles. The molecule has 146 valence electrons. The van der Waals surface area contributed by atoms with Crippen LogP contribution in [0.15, 0.2) is 30.3 Å². The Morgan fingerprint density at radius 1 is 1.21 bits per heavy atom. The lowest BCUT2D eigenvalue weighted by atomic mass is 9.98. The van der Waals surface area contributed by atoms with Crippen LogP contribution in [0.3, 0.4) is 0 Å². The molecule has 3 heterocycles. The monoisotopic (exact) mass is 381 g/mol. The summed E-state index contributed by atoms with van der Waals surface area (Å²) in [6.45, 7) is 3.64. The first-order chi connectivity index (χ1) is 13.6. The number of carbonyl (C=O) groups is 1. The minimum Gasteiger partial charge on any atom is -0.317 e. The van der Waals surface area contributed by atoms with Gasteiger partial charge in [0.05, 0.1) is 0 Å². The van der Waals surface area contributed by atoms with Crippen LogP contribution in [0.25, 0.3) is 11.4 Å². The highest BCUT2D eigenvalue weighted by atomic mass is 16.2. The predicted molar refractivity (Wildman–Crippen MR) is 102 cm³/mol. The second kappa shape index (κ2) is 7.85. The number of amides is 1. The SMILES string of the molecule is CC(C(=O)Nc1nc(C2CCNCC2)nn1C)n1nnc(-c2ccccc2)n1.